The first-order valence-electron chi connectivity index (χ1n) is 7.48. The SMILES string of the molecule is CCC(NC(=O)c1ccc(O)cc1)[N+](CC)(CC)CC.[I-]. The zero-order valence-electron chi connectivity index (χ0n) is 13.4. The molecule has 120 valence electrons. The number of benzene rings is 1. The number of phenolic OH excluding ortho intramolecular Hbond substituents is 1. The first kappa shape index (κ1) is 20.2. The van der Waals surface area contributed by atoms with Crippen LogP contribution in [0.4, 0.5) is 0 Å². The topological polar surface area (TPSA) is 49.3 Å². The van der Waals surface area contributed by atoms with Crippen molar-refractivity contribution >= 4 is 5.91 Å². The van der Waals surface area contributed by atoms with Gasteiger partial charge in [-0.1, -0.05) is 6.92 Å². The molecular formula is C16H27IN2O2. The number of amides is 1. The average molecular weight is 406 g/mol. The van der Waals surface area contributed by atoms with Crippen LogP contribution >= 0.6 is 0 Å². The highest BCUT2D eigenvalue weighted by Gasteiger charge is 2.32. The molecule has 2 N–H and O–H groups in total. The van der Waals surface area contributed by atoms with Crippen molar-refractivity contribution in [2.24, 2.45) is 0 Å². The number of carbonyl (C=O) groups excluding carboxylic acids is 1. The fourth-order valence-electron chi connectivity index (χ4n) is 2.81. The third kappa shape index (κ3) is 4.85. The van der Waals surface area contributed by atoms with Gasteiger partial charge in [-0.05, 0) is 45.0 Å². The Bertz CT molecular complexity index is 422. The molecule has 0 bridgehead atoms. The van der Waals surface area contributed by atoms with Gasteiger partial charge in [-0.3, -0.25) is 4.79 Å². The van der Waals surface area contributed by atoms with Crippen LogP contribution in [0.2, 0.25) is 0 Å². The Hall–Kier alpha value is -0.820. The van der Waals surface area contributed by atoms with Gasteiger partial charge in [0.1, 0.15) is 5.75 Å². The van der Waals surface area contributed by atoms with Gasteiger partial charge in [0.15, 0.2) is 6.17 Å². The quantitative estimate of drug-likeness (QED) is 0.373. The highest BCUT2D eigenvalue weighted by molar-refractivity contribution is 5.94. The highest BCUT2D eigenvalue weighted by atomic mass is 127. The van der Waals surface area contributed by atoms with Crippen LogP contribution in [0, 0.1) is 0 Å². The normalized spacial score (nSPS) is 12.4. The molecule has 4 nitrogen and oxygen atoms in total. The van der Waals surface area contributed by atoms with Crippen molar-refractivity contribution in [3.05, 3.63) is 29.8 Å². The Morgan fingerprint density at radius 1 is 1.10 bits per heavy atom. The number of hydrogen-bond acceptors (Lipinski definition) is 2. The smallest absolute Gasteiger partial charge is 0.255 e. The van der Waals surface area contributed by atoms with Crippen LogP contribution in [-0.4, -0.2) is 41.3 Å². The van der Waals surface area contributed by atoms with Crippen molar-refractivity contribution in [1.82, 2.24) is 5.32 Å². The van der Waals surface area contributed by atoms with E-state index >= 15 is 0 Å². The summed E-state index contributed by atoms with van der Waals surface area (Å²) in [5, 5.41) is 12.4. The number of nitrogens with one attached hydrogen (secondary N) is 1. The second kappa shape index (κ2) is 9.25. The minimum absolute atomic E-state index is 0. The summed E-state index contributed by atoms with van der Waals surface area (Å²) in [7, 11) is 0. The van der Waals surface area contributed by atoms with Gasteiger partial charge in [0.05, 0.1) is 19.6 Å². The van der Waals surface area contributed by atoms with Gasteiger partial charge in [0, 0.05) is 12.0 Å². The van der Waals surface area contributed by atoms with E-state index in [0.29, 0.717) is 5.56 Å². The van der Waals surface area contributed by atoms with Crippen LogP contribution < -0.4 is 29.3 Å². The van der Waals surface area contributed by atoms with Gasteiger partial charge in [-0.25, -0.2) is 0 Å². The molecular weight excluding hydrogens is 379 g/mol. The summed E-state index contributed by atoms with van der Waals surface area (Å²) >= 11 is 0. The number of quaternary nitrogens is 1. The summed E-state index contributed by atoms with van der Waals surface area (Å²) in [5.41, 5.74) is 0.586. The monoisotopic (exact) mass is 406 g/mol. The summed E-state index contributed by atoms with van der Waals surface area (Å²) in [4.78, 5) is 12.3. The summed E-state index contributed by atoms with van der Waals surface area (Å²) < 4.78 is 0.889. The molecule has 0 aliphatic heterocycles. The molecule has 5 heteroatoms. The number of hydrogen-bond donors (Lipinski definition) is 2. The van der Waals surface area contributed by atoms with Crippen LogP contribution in [0.25, 0.3) is 0 Å². The van der Waals surface area contributed by atoms with Gasteiger partial charge in [0.25, 0.3) is 5.91 Å². The molecule has 1 unspecified atom stereocenters. The molecule has 0 aromatic heterocycles. The van der Waals surface area contributed by atoms with E-state index in [1.165, 1.54) is 12.1 Å². The third-order valence-electron chi connectivity index (χ3n) is 4.36. The van der Waals surface area contributed by atoms with Gasteiger partial charge >= 0.3 is 0 Å². The van der Waals surface area contributed by atoms with E-state index in [1.54, 1.807) is 12.1 Å². The standard InChI is InChI=1S/C16H26N2O2.HI/c1-5-15(18(6-2,7-3)8-4)17-16(20)13-9-11-14(19)12-10-13;/h9-12,15H,5-8H2,1-4H3,(H-,17,19,20);1H. The molecule has 0 fully saturated rings. The second-order valence-electron chi connectivity index (χ2n) is 5.11. The Morgan fingerprint density at radius 2 is 1.57 bits per heavy atom. The van der Waals surface area contributed by atoms with Crippen LogP contribution in [0.1, 0.15) is 44.5 Å². The number of carbonyl (C=O) groups is 1. The minimum atomic E-state index is -0.0744. The molecule has 0 spiro atoms. The molecule has 0 heterocycles. The van der Waals surface area contributed by atoms with E-state index < -0.39 is 0 Å². The lowest BCUT2D eigenvalue weighted by Crippen LogP contribution is -3.00. The van der Waals surface area contributed by atoms with Crippen molar-refractivity contribution in [3.63, 3.8) is 0 Å². The van der Waals surface area contributed by atoms with Crippen molar-refractivity contribution in [1.29, 1.82) is 0 Å². The van der Waals surface area contributed by atoms with E-state index in [0.717, 1.165) is 30.5 Å². The third-order valence-corrected chi connectivity index (χ3v) is 4.36. The van der Waals surface area contributed by atoms with Crippen molar-refractivity contribution < 1.29 is 38.4 Å². The number of nitrogens with zero attached hydrogens (tertiary/aromatic N) is 1. The molecule has 1 amide bonds. The maximum atomic E-state index is 12.3. The predicted molar refractivity (Wildman–Crippen MR) is 81.5 cm³/mol. The van der Waals surface area contributed by atoms with E-state index in [-0.39, 0.29) is 41.8 Å². The Balaban J connectivity index is 0.00000400. The first-order valence-corrected chi connectivity index (χ1v) is 7.48. The van der Waals surface area contributed by atoms with E-state index in [9.17, 15) is 9.90 Å². The fraction of sp³-hybridized carbons (Fsp3) is 0.562. The lowest BCUT2D eigenvalue weighted by Gasteiger charge is -2.42. The Labute approximate surface area is 145 Å². The molecule has 1 aromatic rings. The van der Waals surface area contributed by atoms with Crippen LogP contribution in [0.15, 0.2) is 24.3 Å². The van der Waals surface area contributed by atoms with Crippen LogP contribution in [0.3, 0.4) is 0 Å². The number of aromatic hydroxyl groups is 1. The highest BCUT2D eigenvalue weighted by Crippen LogP contribution is 2.16. The molecule has 0 radical (unpaired) electrons. The van der Waals surface area contributed by atoms with Gasteiger partial charge in [-0.15, -0.1) is 0 Å². The van der Waals surface area contributed by atoms with Gasteiger partial charge < -0.3 is 38.9 Å². The summed E-state index contributed by atoms with van der Waals surface area (Å²) in [6, 6.07) is 6.38. The fourth-order valence-corrected chi connectivity index (χ4v) is 2.81. The van der Waals surface area contributed by atoms with E-state index in [1.807, 2.05) is 0 Å². The first-order chi connectivity index (χ1) is 9.52. The molecule has 0 saturated carbocycles. The largest absolute Gasteiger partial charge is 1.00 e. The Morgan fingerprint density at radius 3 is 1.95 bits per heavy atom. The molecule has 0 aliphatic rings. The molecule has 1 aromatic carbocycles. The Kier molecular flexibility index (Phi) is 8.89. The molecule has 1 atom stereocenters. The van der Waals surface area contributed by atoms with Crippen molar-refractivity contribution in [2.45, 2.75) is 40.3 Å². The lowest BCUT2D eigenvalue weighted by atomic mass is 10.1. The van der Waals surface area contributed by atoms with Crippen LogP contribution in [0.5, 0.6) is 5.75 Å². The zero-order chi connectivity index (χ0) is 15.2. The van der Waals surface area contributed by atoms with Crippen molar-refractivity contribution in [3.8, 4) is 5.75 Å². The van der Waals surface area contributed by atoms with Crippen LogP contribution in [-0.2, 0) is 0 Å². The van der Waals surface area contributed by atoms with Gasteiger partial charge in [-0.2, -0.15) is 0 Å². The molecule has 1 rings (SSSR count). The molecule has 21 heavy (non-hydrogen) atoms. The predicted octanol–water partition coefficient (Wildman–Crippen LogP) is -0.261. The van der Waals surface area contributed by atoms with Gasteiger partial charge in [0.2, 0.25) is 0 Å². The zero-order valence-corrected chi connectivity index (χ0v) is 15.6. The maximum absolute atomic E-state index is 12.3. The number of phenols is 1. The number of halogens is 1. The molecule has 0 aliphatic carbocycles. The lowest BCUT2D eigenvalue weighted by molar-refractivity contribution is -0.948. The summed E-state index contributed by atoms with van der Waals surface area (Å²) in [6.45, 7) is 11.6. The van der Waals surface area contributed by atoms with E-state index in [4.69, 9.17) is 0 Å². The second-order valence-corrected chi connectivity index (χ2v) is 5.11. The summed E-state index contributed by atoms with van der Waals surface area (Å²) in [5.74, 6) is 0.101. The van der Waals surface area contributed by atoms with Crippen molar-refractivity contribution in [2.75, 3.05) is 19.6 Å². The number of rotatable bonds is 7. The molecule has 0 saturated heterocycles. The summed E-state index contributed by atoms with van der Waals surface area (Å²) in [6.07, 6.45) is 1.02. The van der Waals surface area contributed by atoms with E-state index in [2.05, 4.69) is 33.0 Å². The maximum Gasteiger partial charge on any atom is 0.255 e. The minimum Gasteiger partial charge on any atom is -1.00 e. The average Bonchev–Trinajstić information content (AvgIpc) is 2.48.